The van der Waals surface area contributed by atoms with Crippen LogP contribution in [0.5, 0.6) is 17.5 Å². The van der Waals surface area contributed by atoms with Crippen LogP contribution in [0.15, 0.2) is 59.6 Å². The zero-order chi connectivity index (χ0) is 21.0. The van der Waals surface area contributed by atoms with Gasteiger partial charge < -0.3 is 9.47 Å². The molecule has 1 heterocycles. The molecule has 1 N–H and O–H groups in total. The molecule has 29 heavy (non-hydrogen) atoms. The van der Waals surface area contributed by atoms with E-state index in [1.165, 1.54) is 19.2 Å². The van der Waals surface area contributed by atoms with Gasteiger partial charge in [-0.25, -0.2) is 18.1 Å². The van der Waals surface area contributed by atoms with Gasteiger partial charge in [0.25, 0.3) is 0 Å². The van der Waals surface area contributed by atoms with Crippen molar-refractivity contribution >= 4 is 10.0 Å². The van der Waals surface area contributed by atoms with E-state index >= 15 is 0 Å². The monoisotopic (exact) mass is 415 g/mol. The van der Waals surface area contributed by atoms with Gasteiger partial charge in [0.15, 0.2) is 0 Å². The summed E-state index contributed by atoms with van der Waals surface area (Å²) in [6.07, 6.45) is 1.63. The van der Waals surface area contributed by atoms with E-state index in [9.17, 15) is 8.42 Å². The summed E-state index contributed by atoms with van der Waals surface area (Å²) in [5.41, 5.74) is 1.85. The number of aromatic nitrogens is 2. The molecule has 2 aromatic carbocycles. The van der Waals surface area contributed by atoms with Crippen molar-refractivity contribution in [3.05, 3.63) is 66.0 Å². The average molecular weight is 416 g/mol. The number of aryl methyl sites for hydroxylation is 1. The summed E-state index contributed by atoms with van der Waals surface area (Å²) in [6, 6.07) is 13.8. The highest BCUT2D eigenvalue weighted by Gasteiger charge is 2.22. The van der Waals surface area contributed by atoms with E-state index in [0.29, 0.717) is 29.7 Å². The molecule has 1 aromatic heterocycles. The van der Waals surface area contributed by atoms with Gasteiger partial charge in [0.1, 0.15) is 11.5 Å². The normalized spacial score (nSPS) is 12.6. The zero-order valence-electron chi connectivity index (χ0n) is 16.9. The average Bonchev–Trinajstić information content (AvgIpc) is 3.12. The van der Waals surface area contributed by atoms with Crippen molar-refractivity contribution in [2.45, 2.75) is 38.3 Å². The van der Waals surface area contributed by atoms with Crippen molar-refractivity contribution in [1.29, 1.82) is 0 Å². The van der Waals surface area contributed by atoms with Crippen LogP contribution >= 0.6 is 0 Å². The van der Waals surface area contributed by atoms with Crippen molar-refractivity contribution in [1.82, 2.24) is 14.3 Å². The first-order valence-electron chi connectivity index (χ1n) is 9.30. The summed E-state index contributed by atoms with van der Waals surface area (Å²) < 4.78 is 41.0. The first-order chi connectivity index (χ1) is 13.8. The maximum Gasteiger partial charge on any atom is 0.302 e. The third kappa shape index (κ3) is 4.78. The van der Waals surface area contributed by atoms with Gasteiger partial charge in [0, 0.05) is 6.54 Å². The minimum absolute atomic E-state index is 0.170. The number of sulfonamides is 1. The molecule has 0 bridgehead atoms. The summed E-state index contributed by atoms with van der Waals surface area (Å²) in [4.78, 5) is 4.51. The van der Waals surface area contributed by atoms with Crippen LogP contribution < -0.4 is 14.2 Å². The lowest BCUT2D eigenvalue weighted by Gasteiger charge is -2.17. The second-order valence-corrected chi connectivity index (χ2v) is 8.36. The maximum atomic E-state index is 12.7. The Hall–Kier alpha value is -2.84. The molecule has 0 radical (unpaired) electrons. The highest BCUT2D eigenvalue weighted by Crippen LogP contribution is 2.26. The molecular weight excluding hydrogens is 390 g/mol. The number of hydrogen-bond donors (Lipinski definition) is 1. The number of methoxy groups -OCH3 is 1. The van der Waals surface area contributed by atoms with Crippen LogP contribution in [0.3, 0.4) is 0 Å². The van der Waals surface area contributed by atoms with Crippen molar-refractivity contribution in [2.75, 3.05) is 7.11 Å². The van der Waals surface area contributed by atoms with Gasteiger partial charge in [-0.05, 0) is 57.2 Å². The van der Waals surface area contributed by atoms with Gasteiger partial charge in [-0.1, -0.05) is 17.7 Å². The van der Waals surface area contributed by atoms with Crippen LogP contribution in [0.25, 0.3) is 0 Å². The van der Waals surface area contributed by atoms with Gasteiger partial charge in [-0.3, -0.25) is 4.57 Å². The van der Waals surface area contributed by atoms with Crippen LogP contribution in [0.2, 0.25) is 0 Å². The molecule has 0 saturated heterocycles. The second-order valence-electron chi connectivity index (χ2n) is 6.64. The number of nitrogens with zero attached hydrogens (tertiary/aromatic N) is 2. The Morgan fingerprint density at radius 2 is 1.69 bits per heavy atom. The molecule has 8 heteroatoms. The van der Waals surface area contributed by atoms with Gasteiger partial charge >= 0.3 is 6.01 Å². The Kier molecular flexibility index (Phi) is 6.24. The standard InChI is InChI=1S/C21H25N3O4S/c1-5-24-20(14-22-21(24)28-18-8-6-15(2)7-9-18)16(3)23-29(25,26)19-12-10-17(27-4)11-13-19/h6-14,16,23H,5H2,1-4H3. The zero-order valence-corrected chi connectivity index (χ0v) is 17.7. The molecular formula is C21H25N3O4S. The van der Waals surface area contributed by atoms with Crippen LogP contribution in [0.4, 0.5) is 0 Å². The molecule has 0 spiro atoms. The molecule has 3 rings (SSSR count). The Balaban J connectivity index is 1.80. The fourth-order valence-electron chi connectivity index (χ4n) is 2.94. The van der Waals surface area contributed by atoms with Gasteiger partial charge in [-0.2, -0.15) is 0 Å². The first-order valence-corrected chi connectivity index (χ1v) is 10.8. The summed E-state index contributed by atoms with van der Waals surface area (Å²) in [6.45, 7) is 6.33. The Morgan fingerprint density at radius 1 is 1.07 bits per heavy atom. The number of benzene rings is 2. The minimum Gasteiger partial charge on any atom is -0.497 e. The third-order valence-electron chi connectivity index (χ3n) is 4.54. The van der Waals surface area contributed by atoms with Crippen LogP contribution in [0.1, 0.15) is 31.1 Å². The van der Waals surface area contributed by atoms with Crippen molar-refractivity contribution in [2.24, 2.45) is 0 Å². The summed E-state index contributed by atoms with van der Waals surface area (Å²) in [5, 5.41) is 0. The van der Waals surface area contributed by atoms with E-state index in [-0.39, 0.29) is 4.90 Å². The number of hydrogen-bond acceptors (Lipinski definition) is 5. The van der Waals surface area contributed by atoms with Crippen LogP contribution in [-0.2, 0) is 16.6 Å². The summed E-state index contributed by atoms with van der Waals surface area (Å²) >= 11 is 0. The smallest absolute Gasteiger partial charge is 0.302 e. The number of imidazole rings is 1. The van der Waals surface area contributed by atoms with Gasteiger partial charge in [0.05, 0.1) is 29.9 Å². The largest absolute Gasteiger partial charge is 0.497 e. The molecule has 0 fully saturated rings. The highest BCUT2D eigenvalue weighted by molar-refractivity contribution is 7.89. The van der Waals surface area contributed by atoms with Crippen molar-refractivity contribution < 1.29 is 17.9 Å². The topological polar surface area (TPSA) is 82.5 Å². The minimum atomic E-state index is -3.70. The molecule has 0 amide bonds. The van der Waals surface area contributed by atoms with E-state index in [1.54, 1.807) is 25.3 Å². The quantitative estimate of drug-likeness (QED) is 0.600. The first kappa shape index (κ1) is 20.9. The summed E-state index contributed by atoms with van der Waals surface area (Å²) in [7, 11) is -2.17. The highest BCUT2D eigenvalue weighted by atomic mass is 32.2. The Labute approximate surface area is 171 Å². The number of nitrogens with one attached hydrogen (secondary N) is 1. The lowest BCUT2D eigenvalue weighted by Crippen LogP contribution is -2.28. The molecule has 1 atom stereocenters. The number of rotatable bonds is 8. The SMILES string of the molecule is CCn1c(C(C)NS(=O)(=O)c2ccc(OC)cc2)cnc1Oc1ccc(C)cc1. The fraction of sp³-hybridized carbons (Fsp3) is 0.286. The van der Waals surface area contributed by atoms with Crippen LogP contribution in [-0.4, -0.2) is 25.1 Å². The van der Waals surface area contributed by atoms with E-state index in [0.717, 1.165) is 5.56 Å². The second kappa shape index (κ2) is 8.67. The van der Waals surface area contributed by atoms with E-state index in [1.807, 2.05) is 42.7 Å². The molecule has 7 nitrogen and oxygen atoms in total. The van der Waals surface area contributed by atoms with E-state index in [4.69, 9.17) is 9.47 Å². The van der Waals surface area contributed by atoms with Gasteiger partial charge in [0.2, 0.25) is 10.0 Å². The lowest BCUT2D eigenvalue weighted by atomic mass is 10.2. The summed E-state index contributed by atoms with van der Waals surface area (Å²) in [5.74, 6) is 1.27. The lowest BCUT2D eigenvalue weighted by molar-refractivity contribution is 0.408. The molecule has 154 valence electrons. The predicted molar refractivity (Wildman–Crippen MR) is 111 cm³/mol. The molecule has 0 aliphatic heterocycles. The molecule has 3 aromatic rings. The predicted octanol–water partition coefficient (Wildman–Crippen LogP) is 4.05. The van der Waals surface area contributed by atoms with Crippen molar-refractivity contribution in [3.63, 3.8) is 0 Å². The van der Waals surface area contributed by atoms with E-state index < -0.39 is 16.1 Å². The molecule has 0 aliphatic carbocycles. The molecule has 1 unspecified atom stereocenters. The van der Waals surface area contributed by atoms with E-state index in [2.05, 4.69) is 9.71 Å². The molecule has 0 saturated carbocycles. The Morgan fingerprint density at radius 3 is 2.28 bits per heavy atom. The number of ether oxygens (including phenoxy) is 2. The van der Waals surface area contributed by atoms with Crippen molar-refractivity contribution in [3.8, 4) is 17.5 Å². The molecule has 0 aliphatic rings. The van der Waals surface area contributed by atoms with Gasteiger partial charge in [-0.15, -0.1) is 0 Å². The Bertz CT molecular complexity index is 1060. The fourth-order valence-corrected chi connectivity index (χ4v) is 4.16. The maximum absolute atomic E-state index is 12.7. The van der Waals surface area contributed by atoms with Crippen LogP contribution in [0, 0.1) is 6.92 Å². The third-order valence-corrected chi connectivity index (χ3v) is 6.10.